The zero-order valence-corrected chi connectivity index (χ0v) is 8.14. The quantitative estimate of drug-likeness (QED) is 0.566. The van der Waals surface area contributed by atoms with Gasteiger partial charge in [-0.15, -0.1) is 0 Å². The molecular weight excluding hydrogens is 196 g/mol. The number of pyridine rings is 1. The Balaban J connectivity index is 2.00. The van der Waals surface area contributed by atoms with Gasteiger partial charge in [0.2, 0.25) is 0 Å². The summed E-state index contributed by atoms with van der Waals surface area (Å²) in [6, 6.07) is 3.47. The maximum Gasteiger partial charge on any atom is 0.287 e. The van der Waals surface area contributed by atoms with E-state index in [9.17, 15) is 10.1 Å². The van der Waals surface area contributed by atoms with Crippen LogP contribution in [0.5, 0.6) is 0 Å². The minimum Gasteiger partial charge on any atom is -0.366 e. The molecule has 0 amide bonds. The minimum atomic E-state index is -0.450. The van der Waals surface area contributed by atoms with E-state index in [-0.39, 0.29) is 5.69 Å². The van der Waals surface area contributed by atoms with Gasteiger partial charge in [-0.25, -0.2) is 4.98 Å². The lowest BCUT2D eigenvalue weighted by Gasteiger charge is -2.10. The predicted octanol–water partition coefficient (Wildman–Crippen LogP) is 0.764. The number of nitro groups is 1. The van der Waals surface area contributed by atoms with Gasteiger partial charge in [0.05, 0.1) is 4.92 Å². The van der Waals surface area contributed by atoms with Gasteiger partial charge in [0, 0.05) is 18.7 Å². The van der Waals surface area contributed by atoms with Crippen LogP contribution in [0, 0.1) is 10.1 Å². The zero-order valence-electron chi connectivity index (χ0n) is 8.14. The van der Waals surface area contributed by atoms with Gasteiger partial charge in [0.25, 0.3) is 5.69 Å². The number of anilines is 1. The lowest BCUT2D eigenvalue weighted by molar-refractivity contribution is -0.385. The van der Waals surface area contributed by atoms with E-state index < -0.39 is 4.92 Å². The molecule has 0 aromatic carbocycles. The molecule has 6 heteroatoms. The summed E-state index contributed by atoms with van der Waals surface area (Å²) < 4.78 is 0. The molecule has 1 aromatic heterocycles. The van der Waals surface area contributed by atoms with Crippen molar-refractivity contribution in [2.45, 2.75) is 12.5 Å². The topological polar surface area (TPSA) is 80.1 Å². The number of hydrogen-bond donors (Lipinski definition) is 2. The summed E-state index contributed by atoms with van der Waals surface area (Å²) in [7, 11) is 0. The molecule has 2 heterocycles. The third-order valence-corrected chi connectivity index (χ3v) is 2.37. The van der Waals surface area contributed by atoms with Crippen LogP contribution in [0.1, 0.15) is 6.42 Å². The Morgan fingerprint density at radius 2 is 2.47 bits per heavy atom. The molecule has 80 valence electrons. The molecular formula is C9H12N4O2. The van der Waals surface area contributed by atoms with E-state index in [4.69, 9.17) is 0 Å². The molecule has 2 rings (SSSR count). The minimum absolute atomic E-state index is 0.0186. The molecule has 15 heavy (non-hydrogen) atoms. The standard InChI is InChI=1S/C9H12N4O2/c14-13(15)8-1-2-9(11-6-8)12-7-3-4-10-5-7/h1-2,6-7,10H,3-5H2,(H,11,12). The Morgan fingerprint density at radius 3 is 3.00 bits per heavy atom. The van der Waals surface area contributed by atoms with Crippen molar-refractivity contribution in [2.75, 3.05) is 18.4 Å². The highest BCUT2D eigenvalue weighted by molar-refractivity contribution is 5.41. The molecule has 1 fully saturated rings. The van der Waals surface area contributed by atoms with Gasteiger partial charge in [0.1, 0.15) is 12.0 Å². The van der Waals surface area contributed by atoms with Gasteiger partial charge < -0.3 is 10.6 Å². The predicted molar refractivity (Wildman–Crippen MR) is 55.8 cm³/mol. The van der Waals surface area contributed by atoms with Crippen LogP contribution in [0.15, 0.2) is 18.3 Å². The van der Waals surface area contributed by atoms with E-state index >= 15 is 0 Å². The molecule has 0 aliphatic carbocycles. The van der Waals surface area contributed by atoms with E-state index in [1.165, 1.54) is 12.3 Å². The Kier molecular flexibility index (Phi) is 2.77. The highest BCUT2D eigenvalue weighted by Crippen LogP contribution is 2.13. The molecule has 1 saturated heterocycles. The molecule has 0 spiro atoms. The van der Waals surface area contributed by atoms with E-state index in [0.717, 1.165) is 19.5 Å². The van der Waals surface area contributed by atoms with Crippen molar-refractivity contribution >= 4 is 11.5 Å². The Morgan fingerprint density at radius 1 is 1.60 bits per heavy atom. The Bertz CT molecular complexity index is 346. The summed E-state index contributed by atoms with van der Waals surface area (Å²) in [6.45, 7) is 1.92. The van der Waals surface area contributed by atoms with Crippen molar-refractivity contribution in [1.82, 2.24) is 10.3 Å². The second-order valence-corrected chi connectivity index (χ2v) is 3.49. The lowest BCUT2D eigenvalue weighted by Crippen LogP contribution is -2.22. The van der Waals surface area contributed by atoms with Crippen LogP contribution >= 0.6 is 0 Å². The number of hydrogen-bond acceptors (Lipinski definition) is 5. The summed E-state index contributed by atoms with van der Waals surface area (Å²) in [5.41, 5.74) is 0.0186. The summed E-state index contributed by atoms with van der Waals surface area (Å²) in [5.74, 6) is 0.689. The zero-order chi connectivity index (χ0) is 10.7. The third kappa shape index (κ3) is 2.41. The molecule has 1 unspecified atom stereocenters. The van der Waals surface area contributed by atoms with Crippen LogP contribution < -0.4 is 10.6 Å². The van der Waals surface area contributed by atoms with Crippen molar-refractivity contribution in [2.24, 2.45) is 0 Å². The molecule has 6 nitrogen and oxygen atoms in total. The van der Waals surface area contributed by atoms with Gasteiger partial charge in [-0.1, -0.05) is 0 Å². The molecule has 0 radical (unpaired) electrons. The van der Waals surface area contributed by atoms with Crippen molar-refractivity contribution in [3.05, 3.63) is 28.4 Å². The van der Waals surface area contributed by atoms with Crippen LogP contribution in [0.4, 0.5) is 11.5 Å². The highest BCUT2D eigenvalue weighted by Gasteiger charge is 2.14. The fraction of sp³-hybridized carbons (Fsp3) is 0.444. The first-order valence-corrected chi connectivity index (χ1v) is 4.83. The average molecular weight is 208 g/mol. The van der Waals surface area contributed by atoms with Gasteiger partial charge in [0.15, 0.2) is 0 Å². The highest BCUT2D eigenvalue weighted by atomic mass is 16.6. The summed E-state index contributed by atoms with van der Waals surface area (Å²) in [5, 5.41) is 16.8. The van der Waals surface area contributed by atoms with Gasteiger partial charge in [-0.2, -0.15) is 0 Å². The van der Waals surface area contributed by atoms with E-state index in [1.54, 1.807) is 6.07 Å². The van der Waals surface area contributed by atoms with E-state index in [0.29, 0.717) is 11.9 Å². The summed E-state index contributed by atoms with van der Waals surface area (Å²) >= 11 is 0. The van der Waals surface area contributed by atoms with E-state index in [1.807, 2.05) is 0 Å². The fourth-order valence-electron chi connectivity index (χ4n) is 1.57. The van der Waals surface area contributed by atoms with Gasteiger partial charge >= 0.3 is 0 Å². The number of nitrogens with one attached hydrogen (secondary N) is 2. The fourth-order valence-corrected chi connectivity index (χ4v) is 1.57. The molecule has 0 saturated carbocycles. The molecule has 0 bridgehead atoms. The van der Waals surface area contributed by atoms with Gasteiger partial charge in [-0.3, -0.25) is 10.1 Å². The molecule has 2 N–H and O–H groups in total. The summed E-state index contributed by atoms with van der Waals surface area (Å²) in [4.78, 5) is 13.9. The Hall–Kier alpha value is -1.69. The molecule has 1 aliphatic rings. The largest absolute Gasteiger partial charge is 0.366 e. The second-order valence-electron chi connectivity index (χ2n) is 3.49. The van der Waals surface area contributed by atoms with Crippen LogP contribution in [-0.4, -0.2) is 29.0 Å². The summed E-state index contributed by atoms with van der Waals surface area (Å²) in [6.07, 6.45) is 2.32. The molecule has 1 aromatic rings. The van der Waals surface area contributed by atoms with E-state index in [2.05, 4.69) is 15.6 Å². The van der Waals surface area contributed by atoms with Crippen LogP contribution in [0.3, 0.4) is 0 Å². The number of rotatable bonds is 3. The van der Waals surface area contributed by atoms with Crippen LogP contribution in [0.25, 0.3) is 0 Å². The smallest absolute Gasteiger partial charge is 0.287 e. The Labute approximate surface area is 86.9 Å². The van der Waals surface area contributed by atoms with Crippen LogP contribution in [-0.2, 0) is 0 Å². The SMILES string of the molecule is O=[N+]([O-])c1ccc(NC2CCNC2)nc1. The van der Waals surface area contributed by atoms with Crippen molar-refractivity contribution < 1.29 is 4.92 Å². The normalized spacial score (nSPS) is 20.1. The average Bonchev–Trinajstić information content (AvgIpc) is 2.71. The van der Waals surface area contributed by atoms with Crippen molar-refractivity contribution in [3.63, 3.8) is 0 Å². The number of aromatic nitrogens is 1. The number of nitrogens with zero attached hydrogens (tertiary/aromatic N) is 2. The lowest BCUT2D eigenvalue weighted by atomic mass is 10.2. The maximum absolute atomic E-state index is 10.4. The van der Waals surface area contributed by atoms with Crippen LogP contribution in [0.2, 0.25) is 0 Å². The first-order chi connectivity index (χ1) is 7.25. The maximum atomic E-state index is 10.4. The molecule has 1 atom stereocenters. The third-order valence-electron chi connectivity index (χ3n) is 2.37. The first kappa shape index (κ1) is 9.85. The monoisotopic (exact) mass is 208 g/mol. The molecule has 1 aliphatic heterocycles. The van der Waals surface area contributed by atoms with Crippen molar-refractivity contribution in [3.8, 4) is 0 Å². The second kappa shape index (κ2) is 4.22. The van der Waals surface area contributed by atoms with Gasteiger partial charge in [-0.05, 0) is 19.0 Å². The first-order valence-electron chi connectivity index (χ1n) is 4.83. The van der Waals surface area contributed by atoms with Crippen molar-refractivity contribution in [1.29, 1.82) is 0 Å².